The minimum atomic E-state index is -0.0489. The van der Waals surface area contributed by atoms with Crippen LogP contribution in [-0.2, 0) is 0 Å². The van der Waals surface area contributed by atoms with Gasteiger partial charge in [-0.15, -0.1) is 0 Å². The van der Waals surface area contributed by atoms with Crippen molar-refractivity contribution in [3.05, 3.63) is 12.0 Å². The normalized spacial score (nSPS) is 11.7. The number of rotatable bonds is 4. The Kier molecular flexibility index (Phi) is 3.33. The quantitative estimate of drug-likeness (QED) is 0.320. The molecule has 14 heavy (non-hydrogen) atoms. The van der Waals surface area contributed by atoms with E-state index in [9.17, 15) is 0 Å². The fraction of sp³-hybridized carbons (Fsp3) is 0.500. The van der Waals surface area contributed by atoms with Crippen LogP contribution in [-0.4, -0.2) is 29.1 Å². The zero-order valence-electron chi connectivity index (χ0n) is 8.27. The van der Waals surface area contributed by atoms with Gasteiger partial charge in [0.2, 0.25) is 0 Å². The summed E-state index contributed by atoms with van der Waals surface area (Å²) in [5.74, 6) is -0.0489. The third-order valence-electron chi connectivity index (χ3n) is 1.90. The van der Waals surface area contributed by atoms with E-state index >= 15 is 0 Å². The van der Waals surface area contributed by atoms with Gasteiger partial charge in [0.15, 0.2) is 5.84 Å². The Hall–Kier alpha value is -1.72. The largest absolute Gasteiger partial charge is 0.431 e. The molecule has 1 aromatic heterocycles. The molecule has 0 aliphatic heterocycles. The number of nitrogens with two attached hydrogens (primary N) is 1. The first-order valence-corrected chi connectivity index (χ1v) is 4.41. The Balaban J connectivity index is 2.87. The van der Waals surface area contributed by atoms with Crippen LogP contribution in [0.2, 0.25) is 0 Å². The van der Waals surface area contributed by atoms with Gasteiger partial charge in [-0.25, -0.2) is 0 Å². The lowest BCUT2D eigenvalue weighted by molar-refractivity contribution is 0.318. The van der Waals surface area contributed by atoms with Crippen LogP contribution >= 0.6 is 0 Å². The molecule has 0 bridgehead atoms. The Labute approximate surface area is 82.0 Å². The molecule has 0 aromatic carbocycles. The highest BCUT2D eigenvalue weighted by Crippen LogP contribution is 2.12. The molecule has 0 aliphatic carbocycles. The summed E-state index contributed by atoms with van der Waals surface area (Å²) in [5.41, 5.74) is 5.69. The number of hydrogen-bond donors (Lipinski definition) is 2. The molecule has 0 saturated heterocycles. The maximum absolute atomic E-state index is 8.42. The third-order valence-corrected chi connectivity index (χ3v) is 1.90. The maximum Gasteiger partial charge on any atom is 0.297 e. The summed E-state index contributed by atoms with van der Waals surface area (Å²) in [5, 5.41) is 11.3. The van der Waals surface area contributed by atoms with Crippen molar-refractivity contribution in [2.45, 2.75) is 13.8 Å². The summed E-state index contributed by atoms with van der Waals surface area (Å²) < 4.78 is 5.17. The van der Waals surface area contributed by atoms with Crippen LogP contribution in [0, 0.1) is 0 Å². The zero-order valence-corrected chi connectivity index (χ0v) is 8.27. The molecule has 0 unspecified atom stereocenters. The van der Waals surface area contributed by atoms with E-state index < -0.39 is 0 Å². The van der Waals surface area contributed by atoms with Crippen LogP contribution in [0.3, 0.4) is 0 Å². The molecule has 78 valence electrons. The van der Waals surface area contributed by atoms with Crippen molar-refractivity contribution < 1.29 is 9.62 Å². The molecule has 0 aliphatic rings. The summed E-state index contributed by atoms with van der Waals surface area (Å²) >= 11 is 0. The summed E-state index contributed by atoms with van der Waals surface area (Å²) in [4.78, 5) is 5.99. The van der Waals surface area contributed by atoms with E-state index in [0.29, 0.717) is 11.7 Å². The van der Waals surface area contributed by atoms with Crippen molar-refractivity contribution in [3.63, 3.8) is 0 Å². The average molecular weight is 198 g/mol. The maximum atomic E-state index is 8.42. The zero-order chi connectivity index (χ0) is 10.6. The molecule has 0 spiro atoms. The standard InChI is InChI=1S/C8H14N4O2/c1-3-12(4-2)8-10-6(5-14-8)7(9)11-13/h5,13H,3-4H2,1-2H3,(H2,9,11). The molecule has 1 aromatic rings. The van der Waals surface area contributed by atoms with E-state index in [-0.39, 0.29) is 5.84 Å². The van der Waals surface area contributed by atoms with E-state index in [1.54, 1.807) is 0 Å². The van der Waals surface area contributed by atoms with Gasteiger partial charge in [0, 0.05) is 13.1 Å². The topological polar surface area (TPSA) is 87.9 Å². The van der Waals surface area contributed by atoms with E-state index in [1.165, 1.54) is 6.26 Å². The molecular formula is C8H14N4O2. The number of anilines is 1. The first kappa shape index (κ1) is 10.4. The van der Waals surface area contributed by atoms with Crippen LogP contribution in [0.4, 0.5) is 6.01 Å². The number of hydrogen-bond acceptors (Lipinski definition) is 5. The van der Waals surface area contributed by atoms with Crippen molar-refractivity contribution >= 4 is 11.9 Å². The van der Waals surface area contributed by atoms with E-state index in [4.69, 9.17) is 15.4 Å². The summed E-state index contributed by atoms with van der Waals surface area (Å²) in [6.07, 6.45) is 1.36. The minimum absolute atomic E-state index is 0.0489. The Morgan fingerprint density at radius 1 is 1.64 bits per heavy atom. The van der Waals surface area contributed by atoms with Gasteiger partial charge in [-0.1, -0.05) is 5.16 Å². The fourth-order valence-corrected chi connectivity index (χ4v) is 1.07. The molecule has 0 atom stereocenters. The fourth-order valence-electron chi connectivity index (χ4n) is 1.07. The van der Waals surface area contributed by atoms with Crippen LogP contribution < -0.4 is 10.6 Å². The third kappa shape index (κ3) is 1.95. The smallest absolute Gasteiger partial charge is 0.297 e. The van der Waals surface area contributed by atoms with Gasteiger partial charge >= 0.3 is 0 Å². The average Bonchev–Trinajstić information content (AvgIpc) is 2.68. The Morgan fingerprint density at radius 2 is 2.29 bits per heavy atom. The van der Waals surface area contributed by atoms with Gasteiger partial charge in [0.05, 0.1) is 0 Å². The van der Waals surface area contributed by atoms with Crippen molar-refractivity contribution in [1.82, 2.24) is 4.98 Å². The lowest BCUT2D eigenvalue weighted by Gasteiger charge is -2.14. The summed E-state index contributed by atoms with van der Waals surface area (Å²) in [6.45, 7) is 5.59. The molecular weight excluding hydrogens is 184 g/mol. The van der Waals surface area contributed by atoms with Crippen LogP contribution in [0.25, 0.3) is 0 Å². The number of aromatic nitrogens is 1. The van der Waals surface area contributed by atoms with Crippen molar-refractivity contribution in [2.75, 3.05) is 18.0 Å². The van der Waals surface area contributed by atoms with Gasteiger partial charge in [-0.3, -0.25) is 0 Å². The highest BCUT2D eigenvalue weighted by molar-refractivity contribution is 5.95. The molecule has 0 saturated carbocycles. The van der Waals surface area contributed by atoms with Crippen LogP contribution in [0.1, 0.15) is 19.5 Å². The highest BCUT2D eigenvalue weighted by Gasteiger charge is 2.11. The Morgan fingerprint density at radius 3 is 2.79 bits per heavy atom. The number of nitrogens with zero attached hydrogens (tertiary/aromatic N) is 3. The lowest BCUT2D eigenvalue weighted by Crippen LogP contribution is -2.22. The van der Waals surface area contributed by atoms with E-state index in [0.717, 1.165) is 13.1 Å². The number of amidine groups is 1. The second kappa shape index (κ2) is 4.50. The minimum Gasteiger partial charge on any atom is -0.431 e. The van der Waals surface area contributed by atoms with Gasteiger partial charge < -0.3 is 20.3 Å². The second-order valence-corrected chi connectivity index (χ2v) is 2.67. The van der Waals surface area contributed by atoms with Crippen LogP contribution in [0.15, 0.2) is 15.8 Å². The molecule has 0 fully saturated rings. The molecule has 6 heteroatoms. The predicted molar refractivity (Wildman–Crippen MR) is 52.6 cm³/mol. The predicted octanol–water partition coefficient (Wildman–Crippen LogP) is 0.615. The molecule has 0 amide bonds. The highest BCUT2D eigenvalue weighted by atomic mass is 16.4. The molecule has 1 heterocycles. The molecule has 0 radical (unpaired) electrons. The van der Waals surface area contributed by atoms with Gasteiger partial charge in [0.1, 0.15) is 12.0 Å². The molecule has 3 N–H and O–H groups in total. The monoisotopic (exact) mass is 198 g/mol. The molecule has 1 rings (SSSR count). The van der Waals surface area contributed by atoms with Crippen molar-refractivity contribution in [1.29, 1.82) is 0 Å². The first-order valence-electron chi connectivity index (χ1n) is 4.41. The van der Waals surface area contributed by atoms with E-state index in [1.807, 2.05) is 18.7 Å². The number of oxime groups is 1. The van der Waals surface area contributed by atoms with Crippen molar-refractivity contribution in [3.8, 4) is 0 Å². The van der Waals surface area contributed by atoms with Crippen molar-refractivity contribution in [2.24, 2.45) is 10.9 Å². The van der Waals surface area contributed by atoms with E-state index in [2.05, 4.69) is 10.1 Å². The van der Waals surface area contributed by atoms with Gasteiger partial charge in [-0.05, 0) is 13.8 Å². The lowest BCUT2D eigenvalue weighted by atomic mass is 10.5. The summed E-state index contributed by atoms with van der Waals surface area (Å²) in [7, 11) is 0. The summed E-state index contributed by atoms with van der Waals surface area (Å²) in [6, 6.07) is 0.483. The first-order chi connectivity index (χ1) is 6.72. The van der Waals surface area contributed by atoms with Gasteiger partial charge in [-0.2, -0.15) is 4.98 Å². The molecule has 6 nitrogen and oxygen atoms in total. The number of oxazole rings is 1. The Bertz CT molecular complexity index is 317. The second-order valence-electron chi connectivity index (χ2n) is 2.67. The SMILES string of the molecule is CCN(CC)c1nc(/C(N)=N\O)co1. The van der Waals surface area contributed by atoms with Crippen LogP contribution in [0.5, 0.6) is 0 Å². The van der Waals surface area contributed by atoms with Gasteiger partial charge in [0.25, 0.3) is 6.01 Å².